The second-order valence-electron chi connectivity index (χ2n) is 3.81. The molecule has 3 heteroatoms. The molecule has 0 heterocycles. The van der Waals surface area contributed by atoms with Crippen molar-refractivity contribution < 1.29 is 42.2 Å². The van der Waals surface area contributed by atoms with Crippen LogP contribution in [0.1, 0.15) is 54.6 Å². The zero-order chi connectivity index (χ0) is 11.5. The standard InChI is InChI=1S/C11H20O2.Na/c1-2-3-4-5-6-9-7-10(9)8-11(12)13;/h9-10H,2-8H2,1H3,(H,12,13);/q;+1/p-1/i7D2;. The Morgan fingerprint density at radius 2 is 2.14 bits per heavy atom. The molecule has 2 nitrogen and oxygen atoms in total. The van der Waals surface area contributed by atoms with Gasteiger partial charge < -0.3 is 9.90 Å². The molecule has 0 bridgehead atoms. The summed E-state index contributed by atoms with van der Waals surface area (Å²) in [6, 6.07) is 0. The van der Waals surface area contributed by atoms with Crippen LogP contribution in [0.4, 0.5) is 0 Å². The first-order chi connectivity index (χ1) is 7.00. The van der Waals surface area contributed by atoms with E-state index in [1.165, 1.54) is 12.8 Å². The van der Waals surface area contributed by atoms with Gasteiger partial charge in [0.1, 0.15) is 0 Å². The molecule has 2 atom stereocenters. The quantitative estimate of drug-likeness (QED) is 0.387. The topological polar surface area (TPSA) is 40.1 Å². The smallest absolute Gasteiger partial charge is 0.550 e. The molecule has 0 aromatic heterocycles. The van der Waals surface area contributed by atoms with Crippen LogP contribution in [0.25, 0.3) is 0 Å². The number of aliphatic carboxylic acids is 1. The predicted octanol–water partition coefficient (Wildman–Crippen LogP) is -1.26. The summed E-state index contributed by atoms with van der Waals surface area (Å²) >= 11 is 0. The number of carboxylic acids is 1. The Bertz CT molecular complexity index is 234. The fourth-order valence-electron chi connectivity index (χ4n) is 1.68. The van der Waals surface area contributed by atoms with Gasteiger partial charge in [0, 0.05) is 8.71 Å². The van der Waals surface area contributed by atoms with E-state index in [-0.39, 0.29) is 47.8 Å². The Balaban J connectivity index is 0.00000225. The average molecular weight is 208 g/mol. The predicted molar refractivity (Wildman–Crippen MR) is 50.0 cm³/mol. The Morgan fingerprint density at radius 1 is 1.43 bits per heavy atom. The first kappa shape index (κ1) is 11.0. The molecule has 0 aromatic carbocycles. The summed E-state index contributed by atoms with van der Waals surface area (Å²) in [6.45, 7) is 2.13. The van der Waals surface area contributed by atoms with E-state index in [1.54, 1.807) is 0 Å². The Hall–Kier alpha value is 0.470. The Kier molecular flexibility index (Phi) is 6.05. The third-order valence-corrected chi connectivity index (χ3v) is 2.56. The minimum Gasteiger partial charge on any atom is -0.550 e. The van der Waals surface area contributed by atoms with E-state index >= 15 is 0 Å². The van der Waals surface area contributed by atoms with Crippen molar-refractivity contribution in [2.24, 2.45) is 11.8 Å². The maximum absolute atomic E-state index is 10.4. The zero-order valence-corrected chi connectivity index (χ0v) is 11.2. The fourth-order valence-corrected chi connectivity index (χ4v) is 1.68. The third-order valence-electron chi connectivity index (χ3n) is 2.56. The van der Waals surface area contributed by atoms with Crippen molar-refractivity contribution in [1.29, 1.82) is 0 Å². The molecule has 14 heavy (non-hydrogen) atoms. The van der Waals surface area contributed by atoms with Gasteiger partial charge in [-0.25, -0.2) is 0 Å². The van der Waals surface area contributed by atoms with Crippen molar-refractivity contribution >= 4 is 5.97 Å². The van der Waals surface area contributed by atoms with Crippen molar-refractivity contribution in [3.05, 3.63) is 0 Å². The second kappa shape index (κ2) is 7.72. The molecule has 2 unspecified atom stereocenters. The van der Waals surface area contributed by atoms with E-state index in [0.717, 1.165) is 19.3 Å². The molecule has 0 saturated heterocycles. The van der Waals surface area contributed by atoms with Crippen LogP contribution < -0.4 is 34.7 Å². The van der Waals surface area contributed by atoms with Crippen molar-refractivity contribution in [2.45, 2.75) is 51.8 Å². The number of hydrogen-bond donors (Lipinski definition) is 0. The average Bonchev–Trinajstić information content (AvgIpc) is 2.62. The monoisotopic (exact) mass is 208 g/mol. The molecule has 1 fully saturated rings. The third kappa shape index (κ3) is 6.05. The van der Waals surface area contributed by atoms with Gasteiger partial charge in [-0.15, -0.1) is 0 Å². The number of carboxylic acid groups (broad SMARTS) is 1. The van der Waals surface area contributed by atoms with E-state index in [2.05, 4.69) is 6.92 Å². The molecule has 0 spiro atoms. The van der Waals surface area contributed by atoms with Gasteiger partial charge in [0.25, 0.3) is 0 Å². The molecule has 0 N–H and O–H groups in total. The number of carbonyl (C=O) groups excluding carboxylic acids is 1. The first-order valence-electron chi connectivity index (χ1n) is 6.20. The largest absolute Gasteiger partial charge is 1.00 e. The van der Waals surface area contributed by atoms with Crippen LogP contribution in [-0.2, 0) is 4.79 Å². The van der Waals surface area contributed by atoms with Crippen LogP contribution in [0.3, 0.4) is 0 Å². The van der Waals surface area contributed by atoms with Gasteiger partial charge in [0.2, 0.25) is 0 Å². The van der Waals surface area contributed by atoms with Gasteiger partial charge in [-0.05, 0) is 24.6 Å². The molecule has 1 saturated carbocycles. The van der Waals surface area contributed by atoms with E-state index in [4.69, 9.17) is 2.74 Å². The maximum Gasteiger partial charge on any atom is 1.00 e. The van der Waals surface area contributed by atoms with Crippen LogP contribution in [-0.4, -0.2) is 5.97 Å². The molecular weight excluding hydrogens is 187 g/mol. The van der Waals surface area contributed by atoms with Gasteiger partial charge >= 0.3 is 29.6 Å². The number of carbonyl (C=O) groups is 1. The summed E-state index contributed by atoms with van der Waals surface area (Å²) < 4.78 is 15.2. The summed E-state index contributed by atoms with van der Waals surface area (Å²) in [5.41, 5.74) is 0. The number of rotatable bonds is 7. The van der Waals surface area contributed by atoms with E-state index in [1.807, 2.05) is 0 Å². The van der Waals surface area contributed by atoms with E-state index in [0.29, 0.717) is 0 Å². The molecule has 1 aliphatic rings. The van der Waals surface area contributed by atoms with Gasteiger partial charge in [0.15, 0.2) is 0 Å². The first-order valence-corrected chi connectivity index (χ1v) is 5.20. The summed E-state index contributed by atoms with van der Waals surface area (Å²) in [4.78, 5) is 10.4. The molecule has 0 amide bonds. The van der Waals surface area contributed by atoms with Crippen LogP contribution in [0.5, 0.6) is 0 Å². The minimum absolute atomic E-state index is 0. The van der Waals surface area contributed by atoms with Crippen LogP contribution in [0.15, 0.2) is 0 Å². The van der Waals surface area contributed by atoms with E-state index in [9.17, 15) is 9.90 Å². The van der Waals surface area contributed by atoms with Crippen LogP contribution in [0.2, 0.25) is 0 Å². The molecule has 0 aliphatic heterocycles. The SMILES string of the molecule is [2H]C1([2H])C(CCCCCC)C1CC(=O)[O-].[Na+]. The van der Waals surface area contributed by atoms with Gasteiger partial charge in [-0.1, -0.05) is 39.0 Å². The summed E-state index contributed by atoms with van der Waals surface area (Å²) in [5.74, 6) is -1.48. The number of unbranched alkanes of at least 4 members (excludes halogenated alkanes) is 3. The Morgan fingerprint density at radius 3 is 2.71 bits per heavy atom. The van der Waals surface area contributed by atoms with Crippen LogP contribution >= 0.6 is 0 Å². The van der Waals surface area contributed by atoms with E-state index < -0.39 is 12.3 Å². The van der Waals surface area contributed by atoms with Crippen molar-refractivity contribution in [1.82, 2.24) is 0 Å². The maximum atomic E-state index is 10.4. The number of hydrogen-bond acceptors (Lipinski definition) is 2. The Labute approximate surface area is 112 Å². The molecule has 1 aliphatic carbocycles. The molecule has 0 aromatic rings. The van der Waals surface area contributed by atoms with Gasteiger partial charge in [-0.2, -0.15) is 0 Å². The van der Waals surface area contributed by atoms with Gasteiger partial charge in [-0.3, -0.25) is 0 Å². The fraction of sp³-hybridized carbons (Fsp3) is 0.909. The van der Waals surface area contributed by atoms with Gasteiger partial charge in [0.05, 0.1) is 0 Å². The summed E-state index contributed by atoms with van der Waals surface area (Å²) in [6.07, 6.45) is 3.94. The molecule has 76 valence electrons. The van der Waals surface area contributed by atoms with Crippen molar-refractivity contribution in [2.75, 3.05) is 0 Å². The normalized spacial score (nSPS) is 29.8. The van der Waals surface area contributed by atoms with Crippen LogP contribution in [0, 0.1) is 11.8 Å². The summed E-state index contributed by atoms with van der Waals surface area (Å²) in [7, 11) is 0. The van der Waals surface area contributed by atoms with Crippen molar-refractivity contribution in [3.63, 3.8) is 0 Å². The minimum atomic E-state index is -1.26. The molecular formula is C11H19NaO2. The molecule has 1 rings (SSSR count). The van der Waals surface area contributed by atoms with Crippen molar-refractivity contribution in [3.8, 4) is 0 Å². The molecule has 0 radical (unpaired) electrons. The summed E-state index contributed by atoms with van der Waals surface area (Å²) in [5, 5.41) is 10.4. The second-order valence-corrected chi connectivity index (χ2v) is 3.81. The zero-order valence-electron chi connectivity index (χ0n) is 11.2.